The minimum atomic E-state index is -0.695. The minimum absolute atomic E-state index is 0.114. The average molecular weight is 264 g/mol. The van der Waals surface area contributed by atoms with Gasteiger partial charge in [0.1, 0.15) is 12.1 Å². The van der Waals surface area contributed by atoms with Crippen LogP contribution in [0.2, 0.25) is 0 Å². The Morgan fingerprint density at radius 1 is 0.700 bits per heavy atom. The molecule has 4 heteroatoms. The van der Waals surface area contributed by atoms with Crippen molar-refractivity contribution in [2.24, 2.45) is 5.92 Å². The van der Waals surface area contributed by atoms with Gasteiger partial charge in [0.15, 0.2) is 11.6 Å². The van der Waals surface area contributed by atoms with Crippen LogP contribution in [0.5, 0.6) is 0 Å². The molecule has 0 amide bonds. The van der Waals surface area contributed by atoms with Gasteiger partial charge in [0, 0.05) is 22.5 Å². The van der Waals surface area contributed by atoms with Crippen molar-refractivity contribution in [3.63, 3.8) is 0 Å². The van der Waals surface area contributed by atoms with E-state index in [2.05, 4.69) is 10.6 Å². The van der Waals surface area contributed by atoms with E-state index in [9.17, 15) is 9.59 Å². The molecule has 0 aliphatic carbocycles. The van der Waals surface area contributed by atoms with Gasteiger partial charge in [-0.2, -0.15) is 0 Å². The lowest BCUT2D eigenvalue weighted by atomic mass is 9.81. The lowest BCUT2D eigenvalue weighted by Crippen LogP contribution is -2.51. The first-order valence-corrected chi connectivity index (χ1v) is 6.55. The molecule has 0 radical (unpaired) electrons. The predicted octanol–water partition coefficient (Wildman–Crippen LogP) is 2.55. The zero-order valence-electron chi connectivity index (χ0n) is 10.6. The fourth-order valence-corrected chi connectivity index (χ4v) is 2.94. The molecule has 20 heavy (non-hydrogen) atoms. The number of anilines is 2. The number of rotatable bonds is 0. The molecule has 2 heterocycles. The van der Waals surface area contributed by atoms with Gasteiger partial charge in [0.2, 0.25) is 0 Å². The summed E-state index contributed by atoms with van der Waals surface area (Å²) in [6.07, 6.45) is -0.375. The van der Waals surface area contributed by atoms with Gasteiger partial charge in [0.25, 0.3) is 0 Å². The summed E-state index contributed by atoms with van der Waals surface area (Å²) in [4.78, 5) is 25.1. The third kappa shape index (κ3) is 1.42. The molecule has 4 rings (SSSR count). The second kappa shape index (κ2) is 3.93. The summed E-state index contributed by atoms with van der Waals surface area (Å²) in [6.45, 7) is 0. The highest BCUT2D eigenvalue weighted by atomic mass is 16.2. The Bertz CT molecular complexity index is 677. The molecular formula is C16H12N2O2. The number of ketones is 2. The van der Waals surface area contributed by atoms with Crippen LogP contribution in [0.4, 0.5) is 11.4 Å². The monoisotopic (exact) mass is 264 g/mol. The summed E-state index contributed by atoms with van der Waals surface area (Å²) >= 11 is 0. The molecule has 0 fully saturated rings. The fraction of sp³-hybridized carbons (Fsp3) is 0.125. The van der Waals surface area contributed by atoms with Gasteiger partial charge in [-0.3, -0.25) is 9.59 Å². The molecule has 98 valence electrons. The first kappa shape index (κ1) is 11.2. The highest BCUT2D eigenvalue weighted by Crippen LogP contribution is 2.35. The van der Waals surface area contributed by atoms with Crippen molar-refractivity contribution in [2.75, 3.05) is 10.6 Å². The maximum atomic E-state index is 12.6. The molecule has 0 saturated carbocycles. The van der Waals surface area contributed by atoms with Crippen LogP contribution in [-0.2, 0) is 0 Å². The van der Waals surface area contributed by atoms with Crippen molar-refractivity contribution >= 4 is 22.9 Å². The lowest BCUT2D eigenvalue weighted by Gasteiger charge is -2.37. The van der Waals surface area contributed by atoms with Gasteiger partial charge in [-0.25, -0.2) is 0 Å². The van der Waals surface area contributed by atoms with E-state index < -0.39 is 5.92 Å². The number of hydrogen-bond acceptors (Lipinski definition) is 4. The first-order valence-electron chi connectivity index (χ1n) is 6.55. The molecular weight excluding hydrogens is 252 g/mol. The number of carbonyl (C=O) groups excluding carboxylic acids is 2. The van der Waals surface area contributed by atoms with Crippen LogP contribution in [0.25, 0.3) is 0 Å². The average Bonchev–Trinajstić information content (AvgIpc) is 2.47. The first-order chi connectivity index (χ1) is 9.75. The van der Waals surface area contributed by atoms with Crippen LogP contribution in [0.1, 0.15) is 20.7 Å². The maximum Gasteiger partial charge on any atom is 0.179 e. The van der Waals surface area contributed by atoms with Gasteiger partial charge in [0.05, 0.1) is 0 Å². The Morgan fingerprint density at radius 3 is 1.65 bits per heavy atom. The number of hydrogen-bond donors (Lipinski definition) is 2. The zero-order valence-corrected chi connectivity index (χ0v) is 10.6. The van der Waals surface area contributed by atoms with Crippen LogP contribution < -0.4 is 10.6 Å². The number of Topliss-reactive ketones (excluding diaryl/α,β-unsaturated/α-hetero) is 2. The summed E-state index contributed by atoms with van der Waals surface area (Å²) in [5.41, 5.74) is 2.73. The predicted molar refractivity (Wildman–Crippen MR) is 76.1 cm³/mol. The Kier molecular flexibility index (Phi) is 2.21. The smallest absolute Gasteiger partial charge is 0.179 e. The minimum Gasteiger partial charge on any atom is -0.364 e. The van der Waals surface area contributed by atoms with E-state index in [-0.39, 0.29) is 17.7 Å². The number of fused-ring (bicyclic) bond motifs is 3. The summed E-state index contributed by atoms with van der Waals surface area (Å²) in [7, 11) is 0. The molecule has 0 bridgehead atoms. The molecule has 4 nitrogen and oxygen atoms in total. The van der Waals surface area contributed by atoms with Crippen molar-refractivity contribution in [3.05, 3.63) is 59.7 Å². The molecule has 2 aromatic carbocycles. The Balaban J connectivity index is 1.85. The molecule has 2 aromatic rings. The Hall–Kier alpha value is -2.62. The van der Waals surface area contributed by atoms with E-state index in [0.29, 0.717) is 11.1 Å². The Morgan fingerprint density at radius 2 is 1.15 bits per heavy atom. The molecule has 0 aromatic heterocycles. The third-order valence-corrected chi connectivity index (χ3v) is 3.91. The second-order valence-electron chi connectivity index (χ2n) is 5.06. The van der Waals surface area contributed by atoms with Gasteiger partial charge in [-0.15, -0.1) is 0 Å². The summed E-state index contributed by atoms with van der Waals surface area (Å²) in [5.74, 6) is -0.924. The SMILES string of the molecule is O=C1c2ccccc2NC2Nc3ccccc3C(=O)C12. The summed E-state index contributed by atoms with van der Waals surface area (Å²) in [6, 6.07) is 14.6. The maximum absolute atomic E-state index is 12.6. The van der Waals surface area contributed by atoms with Crippen molar-refractivity contribution in [3.8, 4) is 0 Å². The van der Waals surface area contributed by atoms with E-state index in [1.165, 1.54) is 0 Å². The highest BCUT2D eigenvalue weighted by molar-refractivity contribution is 6.22. The van der Waals surface area contributed by atoms with E-state index >= 15 is 0 Å². The van der Waals surface area contributed by atoms with Gasteiger partial charge in [-0.1, -0.05) is 24.3 Å². The summed E-state index contributed by atoms with van der Waals surface area (Å²) < 4.78 is 0. The molecule has 0 saturated heterocycles. The van der Waals surface area contributed by atoms with Crippen LogP contribution in [0.15, 0.2) is 48.5 Å². The standard InChI is InChI=1S/C16H12N2O2/c19-14-9-5-1-3-7-11(9)17-16-13(14)15(20)10-6-2-4-8-12(10)18-16/h1-8,13,16-18H. The van der Waals surface area contributed by atoms with Crippen LogP contribution in [0.3, 0.4) is 0 Å². The quantitative estimate of drug-likeness (QED) is 0.718. The largest absolute Gasteiger partial charge is 0.364 e. The number of benzene rings is 2. The van der Waals surface area contributed by atoms with Gasteiger partial charge < -0.3 is 10.6 Å². The molecule has 2 aliphatic rings. The van der Waals surface area contributed by atoms with Crippen molar-refractivity contribution in [1.82, 2.24) is 0 Å². The van der Waals surface area contributed by atoms with Crippen LogP contribution in [-0.4, -0.2) is 17.7 Å². The Labute approximate surface area is 115 Å². The topological polar surface area (TPSA) is 58.2 Å². The van der Waals surface area contributed by atoms with E-state index in [4.69, 9.17) is 0 Å². The lowest BCUT2D eigenvalue weighted by molar-refractivity contribution is 0.0786. The van der Waals surface area contributed by atoms with Gasteiger partial charge in [-0.05, 0) is 24.3 Å². The zero-order chi connectivity index (χ0) is 13.7. The number of para-hydroxylation sites is 2. The van der Waals surface area contributed by atoms with Gasteiger partial charge >= 0.3 is 0 Å². The third-order valence-electron chi connectivity index (χ3n) is 3.91. The van der Waals surface area contributed by atoms with Crippen LogP contribution in [0, 0.1) is 5.92 Å². The molecule has 0 unspecified atom stereocenters. The second-order valence-corrected chi connectivity index (χ2v) is 5.06. The fourth-order valence-electron chi connectivity index (χ4n) is 2.94. The van der Waals surface area contributed by atoms with Crippen molar-refractivity contribution in [2.45, 2.75) is 6.17 Å². The molecule has 2 aliphatic heterocycles. The van der Waals surface area contributed by atoms with E-state index in [1.807, 2.05) is 36.4 Å². The molecule has 0 spiro atoms. The van der Waals surface area contributed by atoms with Crippen LogP contribution >= 0.6 is 0 Å². The summed E-state index contributed by atoms with van der Waals surface area (Å²) in [5, 5.41) is 6.50. The van der Waals surface area contributed by atoms with E-state index in [0.717, 1.165) is 11.4 Å². The van der Waals surface area contributed by atoms with E-state index in [1.54, 1.807) is 12.1 Å². The molecule has 2 N–H and O–H groups in total. The highest BCUT2D eigenvalue weighted by Gasteiger charge is 2.44. The van der Waals surface area contributed by atoms with Crippen molar-refractivity contribution in [1.29, 1.82) is 0 Å². The number of carbonyl (C=O) groups is 2. The normalized spacial score (nSPS) is 23.0. The number of nitrogens with one attached hydrogen (secondary N) is 2. The molecule has 0 atom stereocenters. The van der Waals surface area contributed by atoms with Crippen molar-refractivity contribution < 1.29 is 9.59 Å².